The van der Waals surface area contributed by atoms with Gasteiger partial charge in [0.1, 0.15) is 0 Å². The van der Waals surface area contributed by atoms with Crippen LogP contribution in [0.4, 0.5) is 5.69 Å². The number of benzene rings is 1. The molecule has 0 aliphatic heterocycles. The summed E-state index contributed by atoms with van der Waals surface area (Å²) in [5, 5.41) is 15.3. The van der Waals surface area contributed by atoms with E-state index < -0.39 is 11.6 Å². The summed E-state index contributed by atoms with van der Waals surface area (Å²) in [6.07, 6.45) is -0.594. The minimum absolute atomic E-state index is 0.139. The average molecular weight is 236 g/mol. The first-order valence-electron chi connectivity index (χ1n) is 5.70. The van der Waals surface area contributed by atoms with Crippen LogP contribution < -0.4 is 10.6 Å². The van der Waals surface area contributed by atoms with Crippen molar-refractivity contribution in [3.63, 3.8) is 0 Å². The molecule has 1 rings (SSSR count). The second-order valence-corrected chi connectivity index (χ2v) is 4.67. The van der Waals surface area contributed by atoms with Gasteiger partial charge in [0.05, 0.1) is 18.2 Å². The Hall–Kier alpha value is -1.55. The van der Waals surface area contributed by atoms with Gasteiger partial charge >= 0.3 is 0 Å². The van der Waals surface area contributed by atoms with Gasteiger partial charge in [0.25, 0.3) is 0 Å². The van der Waals surface area contributed by atoms with Gasteiger partial charge in [-0.2, -0.15) is 0 Å². The van der Waals surface area contributed by atoms with Gasteiger partial charge < -0.3 is 15.7 Å². The van der Waals surface area contributed by atoms with Crippen molar-refractivity contribution in [3.05, 3.63) is 30.3 Å². The van der Waals surface area contributed by atoms with Gasteiger partial charge in [-0.25, -0.2) is 0 Å². The zero-order chi connectivity index (χ0) is 12.9. The Kier molecular flexibility index (Phi) is 4.52. The summed E-state index contributed by atoms with van der Waals surface area (Å²) >= 11 is 0. The number of carbonyl (C=O) groups is 1. The highest BCUT2D eigenvalue weighted by Gasteiger charge is 2.25. The molecule has 94 valence electrons. The first kappa shape index (κ1) is 13.5. The molecule has 0 radical (unpaired) electrons. The molecule has 1 atom stereocenters. The Bertz CT molecular complexity index is 361. The zero-order valence-corrected chi connectivity index (χ0v) is 10.5. The molecule has 1 aromatic rings. The van der Waals surface area contributed by atoms with Crippen molar-refractivity contribution in [3.8, 4) is 0 Å². The molecule has 0 heterocycles. The van der Waals surface area contributed by atoms with E-state index in [1.54, 1.807) is 20.8 Å². The SMILES string of the molecule is CC(O)C(C)(C)NC(=O)CNc1ccccc1. The monoisotopic (exact) mass is 236 g/mol. The van der Waals surface area contributed by atoms with E-state index >= 15 is 0 Å². The van der Waals surface area contributed by atoms with Crippen LogP contribution in [0.5, 0.6) is 0 Å². The number of hydrogen-bond donors (Lipinski definition) is 3. The molecule has 0 saturated heterocycles. The highest BCUT2D eigenvalue weighted by molar-refractivity contribution is 5.81. The number of rotatable bonds is 5. The number of aliphatic hydroxyl groups is 1. The lowest BCUT2D eigenvalue weighted by molar-refractivity contribution is -0.122. The molecule has 4 heteroatoms. The highest BCUT2D eigenvalue weighted by atomic mass is 16.3. The Balaban J connectivity index is 2.41. The van der Waals surface area contributed by atoms with Crippen LogP contribution in [0.1, 0.15) is 20.8 Å². The zero-order valence-electron chi connectivity index (χ0n) is 10.5. The number of aliphatic hydroxyl groups excluding tert-OH is 1. The van der Waals surface area contributed by atoms with Crippen LogP contribution in [0, 0.1) is 0 Å². The summed E-state index contributed by atoms with van der Waals surface area (Å²) in [5.74, 6) is -0.139. The lowest BCUT2D eigenvalue weighted by atomic mass is 9.99. The van der Waals surface area contributed by atoms with E-state index in [2.05, 4.69) is 10.6 Å². The molecule has 1 amide bonds. The molecule has 1 aromatic carbocycles. The van der Waals surface area contributed by atoms with Crippen molar-refractivity contribution in [1.82, 2.24) is 5.32 Å². The topological polar surface area (TPSA) is 61.4 Å². The standard InChI is InChI=1S/C13H20N2O2/c1-10(16)13(2,3)15-12(17)9-14-11-7-5-4-6-8-11/h4-8,10,14,16H,9H2,1-3H3,(H,15,17). The highest BCUT2D eigenvalue weighted by Crippen LogP contribution is 2.08. The van der Waals surface area contributed by atoms with Crippen LogP contribution in [-0.2, 0) is 4.79 Å². The second-order valence-electron chi connectivity index (χ2n) is 4.67. The molecular formula is C13H20N2O2. The fourth-order valence-electron chi connectivity index (χ4n) is 1.25. The minimum atomic E-state index is -0.616. The molecule has 0 fully saturated rings. The van der Waals surface area contributed by atoms with Crippen LogP contribution in [-0.4, -0.2) is 29.2 Å². The number of anilines is 1. The van der Waals surface area contributed by atoms with Gasteiger partial charge in [0.2, 0.25) is 5.91 Å². The summed E-state index contributed by atoms with van der Waals surface area (Å²) in [6, 6.07) is 9.52. The van der Waals surface area contributed by atoms with Crippen LogP contribution in [0.3, 0.4) is 0 Å². The van der Waals surface area contributed by atoms with E-state index in [1.165, 1.54) is 0 Å². The molecule has 4 nitrogen and oxygen atoms in total. The van der Waals surface area contributed by atoms with Crippen LogP contribution in [0.2, 0.25) is 0 Å². The van der Waals surface area contributed by atoms with Crippen LogP contribution in [0.25, 0.3) is 0 Å². The van der Waals surface area contributed by atoms with Gasteiger partial charge in [-0.1, -0.05) is 18.2 Å². The fraction of sp³-hybridized carbons (Fsp3) is 0.462. The lowest BCUT2D eigenvalue weighted by Crippen LogP contribution is -2.52. The molecule has 0 aliphatic carbocycles. The molecule has 0 aromatic heterocycles. The summed E-state index contributed by atoms with van der Waals surface area (Å²) in [6.45, 7) is 5.43. The van der Waals surface area contributed by atoms with E-state index in [4.69, 9.17) is 0 Å². The average Bonchev–Trinajstić information content (AvgIpc) is 2.27. The predicted molar refractivity (Wildman–Crippen MR) is 68.8 cm³/mol. The normalized spacial score (nSPS) is 12.9. The number of hydrogen-bond acceptors (Lipinski definition) is 3. The predicted octanol–water partition coefficient (Wildman–Crippen LogP) is 1.37. The molecule has 0 spiro atoms. The van der Waals surface area contributed by atoms with E-state index in [1.807, 2.05) is 30.3 Å². The van der Waals surface area contributed by atoms with E-state index in [-0.39, 0.29) is 12.5 Å². The Morgan fingerprint density at radius 2 is 1.94 bits per heavy atom. The first-order valence-corrected chi connectivity index (χ1v) is 5.70. The molecule has 0 aliphatic rings. The van der Waals surface area contributed by atoms with Crippen molar-refractivity contribution >= 4 is 11.6 Å². The lowest BCUT2D eigenvalue weighted by Gasteiger charge is -2.29. The van der Waals surface area contributed by atoms with E-state index in [9.17, 15) is 9.90 Å². The van der Waals surface area contributed by atoms with Crippen molar-refractivity contribution < 1.29 is 9.90 Å². The molecule has 1 unspecified atom stereocenters. The van der Waals surface area contributed by atoms with Crippen LogP contribution in [0.15, 0.2) is 30.3 Å². The maximum atomic E-state index is 11.7. The quantitative estimate of drug-likeness (QED) is 0.723. The largest absolute Gasteiger partial charge is 0.391 e. The number of carbonyl (C=O) groups excluding carboxylic acids is 1. The molecule has 0 saturated carbocycles. The third kappa shape index (κ3) is 4.44. The van der Waals surface area contributed by atoms with Crippen molar-refractivity contribution in [2.45, 2.75) is 32.4 Å². The number of nitrogens with one attached hydrogen (secondary N) is 2. The van der Waals surface area contributed by atoms with Gasteiger partial charge in [0.15, 0.2) is 0 Å². The molecule has 17 heavy (non-hydrogen) atoms. The van der Waals surface area contributed by atoms with E-state index in [0.29, 0.717) is 0 Å². The van der Waals surface area contributed by atoms with Gasteiger partial charge in [-0.05, 0) is 32.9 Å². The summed E-state index contributed by atoms with van der Waals surface area (Å²) in [4.78, 5) is 11.7. The smallest absolute Gasteiger partial charge is 0.239 e. The number of para-hydroxylation sites is 1. The maximum Gasteiger partial charge on any atom is 0.239 e. The minimum Gasteiger partial charge on any atom is -0.391 e. The maximum absolute atomic E-state index is 11.7. The molecular weight excluding hydrogens is 216 g/mol. The van der Waals surface area contributed by atoms with Gasteiger partial charge in [0, 0.05) is 5.69 Å². The fourth-order valence-corrected chi connectivity index (χ4v) is 1.25. The van der Waals surface area contributed by atoms with Crippen molar-refractivity contribution in [2.75, 3.05) is 11.9 Å². The van der Waals surface area contributed by atoms with Crippen LogP contribution >= 0.6 is 0 Å². The second kappa shape index (κ2) is 5.68. The first-order chi connectivity index (χ1) is 7.92. The Morgan fingerprint density at radius 3 is 2.47 bits per heavy atom. The summed E-state index contributed by atoms with van der Waals surface area (Å²) in [7, 11) is 0. The van der Waals surface area contributed by atoms with Gasteiger partial charge in [-0.3, -0.25) is 4.79 Å². The molecule has 3 N–H and O–H groups in total. The Labute approximate surface area is 102 Å². The summed E-state index contributed by atoms with van der Waals surface area (Å²) in [5.41, 5.74) is 0.285. The van der Waals surface area contributed by atoms with E-state index in [0.717, 1.165) is 5.69 Å². The summed E-state index contributed by atoms with van der Waals surface area (Å²) < 4.78 is 0. The third-order valence-electron chi connectivity index (χ3n) is 2.73. The molecule has 0 bridgehead atoms. The van der Waals surface area contributed by atoms with Gasteiger partial charge in [-0.15, -0.1) is 0 Å². The van der Waals surface area contributed by atoms with Crippen molar-refractivity contribution in [1.29, 1.82) is 0 Å². The van der Waals surface area contributed by atoms with Crippen molar-refractivity contribution in [2.24, 2.45) is 0 Å². The number of amides is 1. The Morgan fingerprint density at radius 1 is 1.35 bits per heavy atom. The third-order valence-corrected chi connectivity index (χ3v) is 2.73.